The van der Waals surface area contributed by atoms with Crippen LogP contribution in [0.4, 0.5) is 4.39 Å². The summed E-state index contributed by atoms with van der Waals surface area (Å²) in [5.74, 6) is 0.00334. The van der Waals surface area contributed by atoms with E-state index in [1.165, 1.54) is 6.07 Å². The number of hydrogen-bond acceptors (Lipinski definition) is 1. The lowest BCUT2D eigenvalue weighted by molar-refractivity contribution is 0.447. The second kappa shape index (κ2) is 6.26. The van der Waals surface area contributed by atoms with Gasteiger partial charge in [-0.15, -0.1) is 0 Å². The van der Waals surface area contributed by atoms with E-state index in [9.17, 15) is 8.60 Å². The van der Waals surface area contributed by atoms with Crippen molar-refractivity contribution >= 4 is 26.9 Å². The molecule has 0 bridgehead atoms. The summed E-state index contributed by atoms with van der Waals surface area (Å²) in [6, 6.07) is 4.96. The summed E-state index contributed by atoms with van der Waals surface area (Å²) in [5.41, 5.74) is 0.670. The molecule has 1 aromatic rings. The molecule has 0 aliphatic heterocycles. The SMILES string of the molecule is C[C@H](Cc1c(F)cccc1Br)CC(C)(C)S(N)=O. The third-order valence-corrected chi connectivity index (χ3v) is 5.00. The third-order valence-electron chi connectivity index (χ3n) is 3.00. The molecule has 0 fully saturated rings. The molecular formula is C13H19BrFNOS. The van der Waals surface area contributed by atoms with Crippen LogP contribution < -0.4 is 5.14 Å². The van der Waals surface area contributed by atoms with Crippen LogP contribution in [0.1, 0.15) is 32.8 Å². The third kappa shape index (κ3) is 4.14. The fourth-order valence-corrected chi connectivity index (χ4v) is 3.02. The lowest BCUT2D eigenvalue weighted by atomic mass is 9.92. The Bertz CT molecular complexity index is 430. The van der Waals surface area contributed by atoms with Gasteiger partial charge in [0.05, 0.1) is 15.7 Å². The fourth-order valence-electron chi connectivity index (χ4n) is 2.07. The maximum Gasteiger partial charge on any atom is 0.127 e. The number of benzene rings is 1. The number of halogens is 2. The minimum Gasteiger partial charge on any atom is -0.251 e. The van der Waals surface area contributed by atoms with E-state index >= 15 is 0 Å². The van der Waals surface area contributed by atoms with Gasteiger partial charge in [0.1, 0.15) is 5.82 Å². The zero-order valence-electron chi connectivity index (χ0n) is 10.9. The molecule has 5 heteroatoms. The molecule has 0 radical (unpaired) electrons. The molecule has 0 aliphatic rings. The van der Waals surface area contributed by atoms with Gasteiger partial charge in [-0.05, 0) is 44.7 Å². The van der Waals surface area contributed by atoms with Crippen molar-refractivity contribution < 1.29 is 8.60 Å². The van der Waals surface area contributed by atoms with Crippen LogP contribution in [0.25, 0.3) is 0 Å². The van der Waals surface area contributed by atoms with Crippen LogP contribution in [0.2, 0.25) is 0 Å². The largest absolute Gasteiger partial charge is 0.251 e. The van der Waals surface area contributed by atoms with Crippen LogP contribution in [0.3, 0.4) is 0 Å². The highest BCUT2D eigenvalue weighted by Crippen LogP contribution is 2.27. The average molecular weight is 336 g/mol. The van der Waals surface area contributed by atoms with Gasteiger partial charge in [-0.2, -0.15) is 0 Å². The summed E-state index contributed by atoms with van der Waals surface area (Å²) >= 11 is 3.36. The van der Waals surface area contributed by atoms with E-state index < -0.39 is 15.7 Å². The molecule has 1 unspecified atom stereocenters. The van der Waals surface area contributed by atoms with Crippen LogP contribution in [0.5, 0.6) is 0 Å². The topological polar surface area (TPSA) is 43.1 Å². The Labute approximate surface area is 119 Å². The zero-order chi connectivity index (χ0) is 13.9. The quantitative estimate of drug-likeness (QED) is 0.878. The first-order valence-corrected chi connectivity index (χ1v) is 7.84. The van der Waals surface area contributed by atoms with E-state index in [2.05, 4.69) is 15.9 Å². The van der Waals surface area contributed by atoms with Crippen LogP contribution in [-0.2, 0) is 17.4 Å². The summed E-state index contributed by atoms with van der Waals surface area (Å²) in [4.78, 5) is 0. The number of rotatable bonds is 5. The predicted molar refractivity (Wildman–Crippen MR) is 78.0 cm³/mol. The van der Waals surface area contributed by atoms with E-state index in [1.54, 1.807) is 6.07 Å². The molecule has 102 valence electrons. The lowest BCUT2D eigenvalue weighted by Crippen LogP contribution is -2.34. The second-order valence-corrected chi connectivity index (χ2v) is 7.83. The number of nitrogens with two attached hydrogens (primary N) is 1. The average Bonchev–Trinajstić information content (AvgIpc) is 2.22. The summed E-state index contributed by atoms with van der Waals surface area (Å²) in [5, 5.41) is 5.46. The highest BCUT2D eigenvalue weighted by Gasteiger charge is 2.26. The summed E-state index contributed by atoms with van der Waals surface area (Å²) in [7, 11) is -1.37. The predicted octanol–water partition coefficient (Wildman–Crippen LogP) is 3.56. The Balaban J connectivity index is 2.77. The van der Waals surface area contributed by atoms with Crippen LogP contribution in [-0.4, -0.2) is 8.96 Å². The Hall–Kier alpha value is -0.260. The van der Waals surface area contributed by atoms with E-state index in [0.717, 1.165) is 4.47 Å². The lowest BCUT2D eigenvalue weighted by Gasteiger charge is -2.25. The van der Waals surface area contributed by atoms with Crippen LogP contribution >= 0.6 is 15.9 Å². The number of hydrogen-bond donors (Lipinski definition) is 1. The fraction of sp³-hybridized carbons (Fsp3) is 0.538. The molecule has 0 saturated heterocycles. The van der Waals surface area contributed by atoms with Crippen molar-refractivity contribution in [2.24, 2.45) is 11.1 Å². The summed E-state index contributed by atoms with van der Waals surface area (Å²) < 4.78 is 25.4. The van der Waals surface area contributed by atoms with Gasteiger partial charge in [0, 0.05) is 10.0 Å². The first-order chi connectivity index (χ1) is 8.24. The first-order valence-electron chi connectivity index (χ1n) is 5.83. The summed E-state index contributed by atoms with van der Waals surface area (Å²) in [6.45, 7) is 5.76. The molecule has 0 aromatic heterocycles. The van der Waals surface area contributed by atoms with Crippen molar-refractivity contribution in [1.29, 1.82) is 0 Å². The molecular weight excluding hydrogens is 317 g/mol. The Morgan fingerprint density at radius 1 is 1.50 bits per heavy atom. The maximum absolute atomic E-state index is 13.7. The normalized spacial score (nSPS) is 15.4. The van der Waals surface area contributed by atoms with Gasteiger partial charge < -0.3 is 0 Å². The second-order valence-electron chi connectivity index (χ2n) is 5.27. The van der Waals surface area contributed by atoms with Gasteiger partial charge in [0.15, 0.2) is 0 Å². The molecule has 1 rings (SSSR count). The van der Waals surface area contributed by atoms with E-state index in [4.69, 9.17) is 5.14 Å². The van der Waals surface area contributed by atoms with Crippen molar-refractivity contribution in [3.63, 3.8) is 0 Å². The smallest absolute Gasteiger partial charge is 0.127 e. The van der Waals surface area contributed by atoms with Crippen molar-refractivity contribution in [2.45, 2.75) is 38.4 Å². The molecule has 2 nitrogen and oxygen atoms in total. The van der Waals surface area contributed by atoms with Crippen molar-refractivity contribution in [2.75, 3.05) is 0 Å². The highest BCUT2D eigenvalue weighted by molar-refractivity contribution is 9.10. The van der Waals surface area contributed by atoms with Gasteiger partial charge >= 0.3 is 0 Å². The van der Waals surface area contributed by atoms with Gasteiger partial charge in [-0.25, -0.2) is 8.60 Å². The Kier molecular flexibility index (Phi) is 5.49. The molecule has 0 spiro atoms. The van der Waals surface area contributed by atoms with Gasteiger partial charge in [-0.3, -0.25) is 5.14 Å². The Morgan fingerprint density at radius 2 is 2.11 bits per heavy atom. The first kappa shape index (κ1) is 15.8. The molecule has 2 atom stereocenters. The minimum absolute atomic E-state index is 0.206. The zero-order valence-corrected chi connectivity index (χ0v) is 13.3. The molecule has 2 N–H and O–H groups in total. The molecule has 0 heterocycles. The Morgan fingerprint density at radius 3 is 2.61 bits per heavy atom. The van der Waals surface area contributed by atoms with Crippen molar-refractivity contribution in [3.8, 4) is 0 Å². The van der Waals surface area contributed by atoms with Crippen LogP contribution in [0.15, 0.2) is 22.7 Å². The minimum atomic E-state index is -1.37. The summed E-state index contributed by atoms with van der Waals surface area (Å²) in [6.07, 6.45) is 1.30. The molecule has 0 saturated carbocycles. The van der Waals surface area contributed by atoms with Gasteiger partial charge in [0.25, 0.3) is 0 Å². The molecule has 1 aromatic carbocycles. The van der Waals surface area contributed by atoms with Gasteiger partial charge in [-0.1, -0.05) is 28.9 Å². The van der Waals surface area contributed by atoms with Crippen molar-refractivity contribution in [1.82, 2.24) is 0 Å². The maximum atomic E-state index is 13.7. The molecule has 18 heavy (non-hydrogen) atoms. The molecule has 0 amide bonds. The van der Waals surface area contributed by atoms with Gasteiger partial charge in [0.2, 0.25) is 0 Å². The highest BCUT2D eigenvalue weighted by atomic mass is 79.9. The molecule has 0 aliphatic carbocycles. The van der Waals surface area contributed by atoms with E-state index in [0.29, 0.717) is 18.4 Å². The van der Waals surface area contributed by atoms with Crippen molar-refractivity contribution in [3.05, 3.63) is 34.1 Å². The van der Waals surface area contributed by atoms with E-state index in [1.807, 2.05) is 26.8 Å². The van der Waals surface area contributed by atoms with E-state index in [-0.39, 0.29) is 11.7 Å². The monoisotopic (exact) mass is 335 g/mol. The van der Waals surface area contributed by atoms with Crippen LogP contribution in [0, 0.1) is 11.7 Å². The standard InChI is InChI=1S/C13H19BrFNOS/c1-9(8-13(2,3)18(16)17)7-10-11(14)5-4-6-12(10)15/h4-6,9H,7-8,16H2,1-3H3/t9-,18?/m1/s1.